The summed E-state index contributed by atoms with van der Waals surface area (Å²) < 4.78 is 51.2. The molecular weight excluding hydrogens is 454 g/mol. The van der Waals surface area contributed by atoms with Crippen molar-refractivity contribution in [3.63, 3.8) is 0 Å². The lowest BCUT2D eigenvalue weighted by Gasteiger charge is -2.28. The Hall–Kier alpha value is -2.59. The van der Waals surface area contributed by atoms with Crippen LogP contribution in [0.5, 0.6) is 0 Å². The van der Waals surface area contributed by atoms with Crippen LogP contribution in [0.2, 0.25) is 0 Å². The molecule has 3 aromatic rings. The summed E-state index contributed by atoms with van der Waals surface area (Å²) in [6.45, 7) is 3.31. The van der Waals surface area contributed by atoms with Crippen LogP contribution in [-0.4, -0.2) is 31.4 Å². The Balaban J connectivity index is 1.75. The maximum Gasteiger partial charge on any atom is 0.175 e. The summed E-state index contributed by atoms with van der Waals surface area (Å²) in [6.07, 6.45) is 3.00. The van der Waals surface area contributed by atoms with Gasteiger partial charge in [0.2, 0.25) is 0 Å². The maximum absolute atomic E-state index is 13.9. The van der Waals surface area contributed by atoms with Gasteiger partial charge in [-0.3, -0.25) is 5.01 Å². The van der Waals surface area contributed by atoms with Crippen molar-refractivity contribution in [3.05, 3.63) is 77.2 Å². The third-order valence-corrected chi connectivity index (χ3v) is 7.43. The van der Waals surface area contributed by atoms with E-state index in [4.69, 9.17) is 0 Å². The van der Waals surface area contributed by atoms with Crippen LogP contribution in [0.1, 0.15) is 18.7 Å². The topological polar surface area (TPSA) is 69.6 Å². The Labute approximate surface area is 189 Å². The van der Waals surface area contributed by atoms with E-state index in [1.807, 2.05) is 24.3 Å². The minimum atomic E-state index is -3.34. The Kier molecular flexibility index (Phi) is 5.70. The quantitative estimate of drug-likeness (QED) is 0.563. The first-order valence-electron chi connectivity index (χ1n) is 9.80. The van der Waals surface area contributed by atoms with Crippen molar-refractivity contribution < 1.29 is 22.3 Å². The average molecular weight is 477 g/mol. The van der Waals surface area contributed by atoms with Crippen molar-refractivity contribution in [2.45, 2.75) is 30.4 Å². The molecule has 0 aliphatic carbocycles. The molecule has 2 aromatic carbocycles. The van der Waals surface area contributed by atoms with Gasteiger partial charge in [0.1, 0.15) is 0 Å². The Morgan fingerprint density at radius 1 is 1.03 bits per heavy atom. The van der Waals surface area contributed by atoms with Gasteiger partial charge in [-0.15, -0.1) is 11.3 Å². The molecule has 4 rings (SSSR count). The Morgan fingerprint density at radius 2 is 1.75 bits per heavy atom. The third-order valence-electron chi connectivity index (χ3n) is 5.16. The Bertz CT molecular complexity index is 1310. The number of anilines is 1. The summed E-state index contributed by atoms with van der Waals surface area (Å²) in [7, 11) is -3.34. The summed E-state index contributed by atoms with van der Waals surface area (Å²) in [6, 6.07) is 13.6. The van der Waals surface area contributed by atoms with E-state index < -0.39 is 33.1 Å². The van der Waals surface area contributed by atoms with Gasteiger partial charge in [0, 0.05) is 17.2 Å². The van der Waals surface area contributed by atoms with Crippen LogP contribution < -0.4 is 10.4 Å². The zero-order valence-corrected chi connectivity index (χ0v) is 19.3. The molecule has 2 N–H and O–H groups in total. The smallest absolute Gasteiger partial charge is 0.175 e. The molecule has 1 unspecified atom stereocenters. The molecule has 168 valence electrons. The minimum absolute atomic E-state index is 0.234. The number of benzene rings is 2. The first kappa shape index (κ1) is 22.6. The van der Waals surface area contributed by atoms with Crippen LogP contribution >= 0.6 is 11.3 Å². The molecule has 0 radical (unpaired) electrons. The van der Waals surface area contributed by atoms with Crippen molar-refractivity contribution in [1.29, 1.82) is 0 Å². The van der Waals surface area contributed by atoms with E-state index in [1.54, 1.807) is 37.1 Å². The van der Waals surface area contributed by atoms with Crippen LogP contribution in [0.3, 0.4) is 0 Å². The van der Waals surface area contributed by atoms with E-state index >= 15 is 0 Å². The third kappa shape index (κ3) is 4.47. The molecular formula is C23H22F2N2O3S2. The summed E-state index contributed by atoms with van der Waals surface area (Å²) in [5.41, 5.74) is 3.86. The molecule has 1 aliphatic heterocycles. The predicted octanol–water partition coefficient (Wildman–Crippen LogP) is 4.60. The zero-order chi connectivity index (χ0) is 23.3. The second kappa shape index (κ2) is 8.08. The fourth-order valence-electron chi connectivity index (χ4n) is 3.38. The number of hydrazine groups is 1. The maximum atomic E-state index is 13.9. The first-order valence-corrected chi connectivity index (χ1v) is 12.5. The van der Waals surface area contributed by atoms with Gasteiger partial charge in [-0.05, 0) is 61.9 Å². The number of rotatable bonds is 5. The normalized spacial score (nSPS) is 17.0. The number of thiophene rings is 1. The number of hydrogen-bond donors (Lipinski definition) is 2. The first-order chi connectivity index (χ1) is 14.9. The van der Waals surface area contributed by atoms with Crippen molar-refractivity contribution in [2.75, 3.05) is 11.3 Å². The second-order valence-electron chi connectivity index (χ2n) is 8.21. The molecule has 0 saturated heterocycles. The van der Waals surface area contributed by atoms with Gasteiger partial charge in [-0.25, -0.2) is 22.6 Å². The fraction of sp³-hybridized carbons (Fsp3) is 0.217. The molecule has 1 atom stereocenters. The van der Waals surface area contributed by atoms with Crippen LogP contribution in [-0.2, 0) is 9.84 Å². The molecule has 0 amide bonds. The number of nitrogens with zero attached hydrogens (tertiary/aromatic N) is 1. The number of halogens is 2. The van der Waals surface area contributed by atoms with Gasteiger partial charge in [-0.2, -0.15) is 0 Å². The zero-order valence-electron chi connectivity index (χ0n) is 17.6. The van der Waals surface area contributed by atoms with Crippen molar-refractivity contribution in [1.82, 2.24) is 5.43 Å². The molecule has 5 nitrogen and oxygen atoms in total. The molecule has 9 heteroatoms. The van der Waals surface area contributed by atoms with E-state index in [-0.39, 0.29) is 4.90 Å². The standard InChI is InChI=1S/C23H22F2N2O3S2/c1-23(2,28)22-13-19(27(26-22)15-7-8-17(24)18(25)12-15)21-10-9-20(31-21)14-5-4-6-16(11-14)32(3,29)30/h4-13,22,26,28H,1-3H3. The highest BCUT2D eigenvalue weighted by Crippen LogP contribution is 2.38. The van der Waals surface area contributed by atoms with E-state index in [1.165, 1.54) is 17.4 Å². The van der Waals surface area contributed by atoms with E-state index in [0.717, 1.165) is 33.7 Å². The molecule has 0 bridgehead atoms. The highest BCUT2D eigenvalue weighted by molar-refractivity contribution is 7.90. The summed E-state index contributed by atoms with van der Waals surface area (Å²) >= 11 is 1.43. The van der Waals surface area contributed by atoms with Crippen LogP contribution in [0.15, 0.2) is 65.6 Å². The monoisotopic (exact) mass is 476 g/mol. The fourth-order valence-corrected chi connectivity index (χ4v) is 5.07. The molecule has 0 spiro atoms. The van der Waals surface area contributed by atoms with Crippen molar-refractivity contribution >= 4 is 32.6 Å². The van der Waals surface area contributed by atoms with Crippen LogP contribution in [0, 0.1) is 11.6 Å². The number of nitrogens with one attached hydrogen (secondary N) is 1. The van der Waals surface area contributed by atoms with Crippen LogP contribution in [0.4, 0.5) is 14.5 Å². The molecule has 1 aromatic heterocycles. The SMILES string of the molecule is CC(C)(O)C1C=C(c2ccc(-c3cccc(S(C)(=O)=O)c3)s2)N(c2ccc(F)c(F)c2)N1. The van der Waals surface area contributed by atoms with E-state index in [0.29, 0.717) is 11.4 Å². The van der Waals surface area contributed by atoms with Gasteiger partial charge in [0.05, 0.1) is 32.8 Å². The molecule has 2 heterocycles. The highest BCUT2D eigenvalue weighted by atomic mass is 32.2. The van der Waals surface area contributed by atoms with Crippen LogP contribution in [0.25, 0.3) is 16.1 Å². The molecule has 0 saturated carbocycles. The lowest BCUT2D eigenvalue weighted by Crippen LogP contribution is -2.48. The van der Waals surface area contributed by atoms with Gasteiger partial charge in [-0.1, -0.05) is 12.1 Å². The minimum Gasteiger partial charge on any atom is -0.388 e. The van der Waals surface area contributed by atoms with Gasteiger partial charge < -0.3 is 5.11 Å². The predicted molar refractivity (Wildman–Crippen MR) is 123 cm³/mol. The van der Waals surface area contributed by atoms with Crippen molar-refractivity contribution in [3.8, 4) is 10.4 Å². The van der Waals surface area contributed by atoms with Crippen molar-refractivity contribution in [2.24, 2.45) is 0 Å². The Morgan fingerprint density at radius 3 is 2.41 bits per heavy atom. The number of aliphatic hydroxyl groups is 1. The van der Waals surface area contributed by atoms with Gasteiger partial charge in [0.15, 0.2) is 21.5 Å². The second-order valence-corrected chi connectivity index (χ2v) is 11.3. The van der Waals surface area contributed by atoms with Gasteiger partial charge >= 0.3 is 0 Å². The molecule has 1 aliphatic rings. The number of sulfone groups is 1. The summed E-state index contributed by atoms with van der Waals surface area (Å²) in [5, 5.41) is 12.1. The lowest BCUT2D eigenvalue weighted by atomic mass is 9.99. The average Bonchev–Trinajstić information content (AvgIpc) is 3.36. The highest BCUT2D eigenvalue weighted by Gasteiger charge is 2.35. The van der Waals surface area contributed by atoms with E-state index in [9.17, 15) is 22.3 Å². The lowest BCUT2D eigenvalue weighted by molar-refractivity contribution is 0.0573. The molecule has 32 heavy (non-hydrogen) atoms. The molecule has 0 fully saturated rings. The summed E-state index contributed by atoms with van der Waals surface area (Å²) in [5.74, 6) is -1.92. The van der Waals surface area contributed by atoms with Gasteiger partial charge in [0.25, 0.3) is 0 Å². The van der Waals surface area contributed by atoms with E-state index in [2.05, 4.69) is 5.43 Å². The summed E-state index contributed by atoms with van der Waals surface area (Å²) in [4.78, 5) is 1.90. The number of hydrogen-bond acceptors (Lipinski definition) is 6. The largest absolute Gasteiger partial charge is 0.388 e.